The van der Waals surface area contributed by atoms with Gasteiger partial charge in [0.2, 0.25) is 5.89 Å². The molecule has 24 heavy (non-hydrogen) atoms. The molecule has 0 radical (unpaired) electrons. The smallest absolute Gasteiger partial charge is 0.341 e. The lowest BCUT2D eigenvalue weighted by Crippen LogP contribution is -2.11. The molecule has 0 N–H and O–H groups in total. The summed E-state index contributed by atoms with van der Waals surface area (Å²) in [6.07, 6.45) is -0.800. The fourth-order valence-corrected chi connectivity index (χ4v) is 2.36. The molecular weight excluding hydrogens is 379 g/mol. The zero-order chi connectivity index (χ0) is 17.1. The molecule has 0 aliphatic rings. The first-order valence-corrected chi connectivity index (χ1v) is 7.89. The van der Waals surface area contributed by atoms with Crippen LogP contribution in [0.3, 0.4) is 0 Å². The lowest BCUT2D eigenvalue weighted by molar-refractivity contribution is 0.0274. The number of ether oxygens (including phenoxy) is 1. The van der Waals surface area contributed by atoms with E-state index in [2.05, 4.69) is 26.1 Å². The second kappa shape index (κ2) is 6.92. The summed E-state index contributed by atoms with van der Waals surface area (Å²) in [5, 5.41) is 7.81. The average Bonchev–Trinajstić information content (AvgIpc) is 3.05. The van der Waals surface area contributed by atoms with Gasteiger partial charge in [0.25, 0.3) is 5.89 Å². The van der Waals surface area contributed by atoms with E-state index in [0.717, 1.165) is 5.56 Å². The van der Waals surface area contributed by atoms with Crippen LogP contribution in [0.2, 0.25) is 0 Å². The van der Waals surface area contributed by atoms with Gasteiger partial charge in [0.05, 0.1) is 5.56 Å². The van der Waals surface area contributed by atoms with Gasteiger partial charge in [-0.2, -0.15) is 0 Å². The molecule has 0 aliphatic carbocycles. The van der Waals surface area contributed by atoms with Crippen molar-refractivity contribution >= 4 is 21.9 Å². The van der Waals surface area contributed by atoms with Crippen LogP contribution in [0.5, 0.6) is 0 Å². The maximum Gasteiger partial charge on any atom is 0.341 e. The van der Waals surface area contributed by atoms with Gasteiger partial charge in [-0.25, -0.2) is 9.18 Å². The minimum atomic E-state index is -0.800. The number of esters is 1. The molecule has 122 valence electrons. The van der Waals surface area contributed by atoms with E-state index >= 15 is 0 Å². The standard InChI is InChI=1S/C17H12BrFN2O3/c1-10(23-17(22)13-8-7-12(18)9-14(13)19)15-20-21-16(24-15)11-5-3-2-4-6-11/h2-10H,1H3/t10-/m1/s1. The molecule has 2 aromatic carbocycles. The average molecular weight is 391 g/mol. The van der Waals surface area contributed by atoms with Gasteiger partial charge in [-0.05, 0) is 37.3 Å². The van der Waals surface area contributed by atoms with E-state index in [1.54, 1.807) is 13.0 Å². The van der Waals surface area contributed by atoms with Gasteiger partial charge in [0.1, 0.15) is 5.82 Å². The lowest BCUT2D eigenvalue weighted by atomic mass is 10.2. The number of carbonyl (C=O) groups excluding carboxylic acids is 1. The predicted molar refractivity (Wildman–Crippen MR) is 87.7 cm³/mol. The van der Waals surface area contributed by atoms with Crippen LogP contribution in [0.4, 0.5) is 4.39 Å². The highest BCUT2D eigenvalue weighted by Crippen LogP contribution is 2.24. The summed E-state index contributed by atoms with van der Waals surface area (Å²) in [5.41, 5.74) is 0.599. The number of nitrogens with zero attached hydrogens (tertiary/aromatic N) is 2. The van der Waals surface area contributed by atoms with E-state index in [1.807, 2.05) is 30.3 Å². The van der Waals surface area contributed by atoms with Gasteiger partial charge < -0.3 is 9.15 Å². The monoisotopic (exact) mass is 390 g/mol. The molecule has 7 heteroatoms. The first kappa shape index (κ1) is 16.3. The third-order valence-corrected chi connectivity index (χ3v) is 3.74. The minimum Gasteiger partial charge on any atom is -0.449 e. The molecular formula is C17H12BrFN2O3. The SMILES string of the molecule is C[C@@H](OC(=O)c1ccc(Br)cc1F)c1nnc(-c2ccccc2)o1. The number of benzene rings is 2. The summed E-state index contributed by atoms with van der Waals surface area (Å²) >= 11 is 3.13. The molecule has 1 aromatic heterocycles. The van der Waals surface area contributed by atoms with E-state index in [-0.39, 0.29) is 11.5 Å². The summed E-state index contributed by atoms with van der Waals surface area (Å²) < 4.78 is 25.1. The van der Waals surface area contributed by atoms with Crippen molar-refractivity contribution in [3.8, 4) is 11.5 Å². The quantitative estimate of drug-likeness (QED) is 0.611. The van der Waals surface area contributed by atoms with Crippen molar-refractivity contribution in [2.24, 2.45) is 0 Å². The molecule has 5 nitrogen and oxygen atoms in total. The Morgan fingerprint density at radius 3 is 2.67 bits per heavy atom. The van der Waals surface area contributed by atoms with Crippen LogP contribution in [-0.2, 0) is 4.74 Å². The van der Waals surface area contributed by atoms with Crippen LogP contribution in [0.1, 0.15) is 29.3 Å². The zero-order valence-electron chi connectivity index (χ0n) is 12.6. The van der Waals surface area contributed by atoms with Crippen molar-refractivity contribution < 1.29 is 18.3 Å². The van der Waals surface area contributed by atoms with Gasteiger partial charge in [-0.3, -0.25) is 0 Å². The van der Waals surface area contributed by atoms with Crippen molar-refractivity contribution in [3.05, 3.63) is 70.3 Å². The van der Waals surface area contributed by atoms with Crippen molar-refractivity contribution in [2.75, 3.05) is 0 Å². The van der Waals surface area contributed by atoms with Crippen LogP contribution in [-0.4, -0.2) is 16.2 Å². The fraction of sp³-hybridized carbons (Fsp3) is 0.118. The summed E-state index contributed by atoms with van der Waals surface area (Å²) in [7, 11) is 0. The molecule has 0 aliphatic heterocycles. The van der Waals surface area contributed by atoms with E-state index in [9.17, 15) is 9.18 Å². The molecule has 0 saturated carbocycles. The van der Waals surface area contributed by atoms with Gasteiger partial charge in [-0.15, -0.1) is 10.2 Å². The molecule has 0 fully saturated rings. The Bertz CT molecular complexity index is 867. The summed E-state index contributed by atoms with van der Waals surface area (Å²) in [4.78, 5) is 12.1. The highest BCUT2D eigenvalue weighted by molar-refractivity contribution is 9.10. The van der Waals surface area contributed by atoms with Crippen LogP contribution >= 0.6 is 15.9 Å². The number of carbonyl (C=O) groups is 1. The van der Waals surface area contributed by atoms with Crippen molar-refractivity contribution in [1.82, 2.24) is 10.2 Å². The van der Waals surface area contributed by atoms with Gasteiger partial charge in [0, 0.05) is 10.0 Å². The second-order valence-corrected chi connectivity index (χ2v) is 5.90. The van der Waals surface area contributed by atoms with Crippen molar-refractivity contribution in [1.29, 1.82) is 0 Å². The van der Waals surface area contributed by atoms with Gasteiger partial charge >= 0.3 is 5.97 Å². The molecule has 0 saturated heterocycles. The predicted octanol–water partition coefficient (Wildman–Crippen LogP) is 4.56. The first-order chi connectivity index (χ1) is 11.5. The third kappa shape index (κ3) is 3.51. The number of halogens is 2. The van der Waals surface area contributed by atoms with Crippen LogP contribution < -0.4 is 0 Å². The minimum absolute atomic E-state index is 0.139. The molecule has 0 unspecified atom stereocenters. The first-order valence-electron chi connectivity index (χ1n) is 7.09. The Balaban J connectivity index is 1.74. The molecule has 1 atom stereocenters. The van der Waals surface area contributed by atoms with Gasteiger partial charge in [-0.1, -0.05) is 34.1 Å². The van der Waals surface area contributed by atoms with Crippen LogP contribution in [0, 0.1) is 5.82 Å². The zero-order valence-corrected chi connectivity index (χ0v) is 14.2. The molecule has 0 bridgehead atoms. The Kier molecular flexibility index (Phi) is 4.71. The topological polar surface area (TPSA) is 65.2 Å². The molecule has 0 spiro atoms. The number of hydrogen-bond donors (Lipinski definition) is 0. The van der Waals surface area contributed by atoms with E-state index < -0.39 is 17.9 Å². The molecule has 1 heterocycles. The normalized spacial score (nSPS) is 12.0. The Hall–Kier alpha value is -2.54. The van der Waals surface area contributed by atoms with Crippen molar-refractivity contribution in [2.45, 2.75) is 13.0 Å². The Labute approximate surface area is 145 Å². The maximum absolute atomic E-state index is 13.8. The fourth-order valence-electron chi connectivity index (χ4n) is 2.03. The van der Waals surface area contributed by atoms with Crippen LogP contribution in [0.15, 0.2) is 57.4 Å². The lowest BCUT2D eigenvalue weighted by Gasteiger charge is -2.10. The largest absolute Gasteiger partial charge is 0.449 e. The van der Waals surface area contributed by atoms with Crippen molar-refractivity contribution in [3.63, 3.8) is 0 Å². The van der Waals surface area contributed by atoms with E-state index in [0.29, 0.717) is 10.4 Å². The summed E-state index contributed by atoms with van der Waals surface area (Å²) in [6.45, 7) is 1.58. The molecule has 0 amide bonds. The highest BCUT2D eigenvalue weighted by atomic mass is 79.9. The van der Waals surface area contributed by atoms with E-state index in [4.69, 9.17) is 9.15 Å². The molecule has 3 aromatic rings. The van der Waals surface area contributed by atoms with Crippen LogP contribution in [0.25, 0.3) is 11.5 Å². The maximum atomic E-state index is 13.8. The Morgan fingerprint density at radius 2 is 1.96 bits per heavy atom. The van der Waals surface area contributed by atoms with E-state index in [1.165, 1.54) is 12.1 Å². The highest BCUT2D eigenvalue weighted by Gasteiger charge is 2.21. The molecule has 3 rings (SSSR count). The third-order valence-electron chi connectivity index (χ3n) is 3.24. The summed E-state index contributed by atoms with van der Waals surface area (Å²) in [5.74, 6) is -1.01. The number of hydrogen-bond acceptors (Lipinski definition) is 5. The summed E-state index contributed by atoms with van der Waals surface area (Å²) in [6, 6.07) is 13.3. The number of rotatable bonds is 4. The second-order valence-electron chi connectivity index (χ2n) is 4.98. The van der Waals surface area contributed by atoms with Gasteiger partial charge in [0.15, 0.2) is 6.10 Å². The Morgan fingerprint density at radius 1 is 1.21 bits per heavy atom. The number of aromatic nitrogens is 2.